The van der Waals surface area contributed by atoms with Gasteiger partial charge < -0.3 is 5.11 Å². The fraction of sp³-hybridized carbons (Fsp3) is 0.789. The van der Waals surface area contributed by atoms with Gasteiger partial charge in [-0.1, -0.05) is 13.8 Å². The van der Waals surface area contributed by atoms with Crippen molar-refractivity contribution in [2.75, 3.05) is 0 Å². The number of Topliss-reactive ketones (excluding diaryl/α,β-unsaturated/α-hetero) is 1. The molecule has 0 spiro atoms. The Kier molecular flexibility index (Phi) is 3.01. The molecule has 6 atom stereocenters. The highest BCUT2D eigenvalue weighted by Crippen LogP contribution is 2.66. The third-order valence-corrected chi connectivity index (χ3v) is 7.65. The van der Waals surface area contributed by atoms with Crippen molar-refractivity contribution in [2.24, 2.45) is 28.6 Å². The molecule has 3 saturated carbocycles. The van der Waals surface area contributed by atoms with Crippen molar-refractivity contribution < 1.29 is 14.7 Å². The van der Waals surface area contributed by atoms with Gasteiger partial charge in [0.25, 0.3) is 0 Å². The summed E-state index contributed by atoms with van der Waals surface area (Å²) in [6.45, 7) is 4.48. The van der Waals surface area contributed by atoms with Crippen LogP contribution in [0.5, 0.6) is 0 Å². The average Bonchev–Trinajstić information content (AvgIpc) is 2.76. The van der Waals surface area contributed by atoms with Crippen molar-refractivity contribution >= 4 is 11.6 Å². The van der Waals surface area contributed by atoms with Crippen LogP contribution in [0.4, 0.5) is 0 Å². The zero-order valence-electron chi connectivity index (χ0n) is 13.6. The van der Waals surface area contributed by atoms with Crippen molar-refractivity contribution in [3.8, 4) is 0 Å². The second-order valence-electron chi connectivity index (χ2n) is 8.56. The van der Waals surface area contributed by atoms with Crippen LogP contribution < -0.4 is 0 Å². The molecule has 0 radical (unpaired) electrons. The average molecular weight is 302 g/mol. The molecule has 1 unspecified atom stereocenters. The largest absolute Gasteiger partial charge is 0.389 e. The Labute approximate surface area is 132 Å². The monoisotopic (exact) mass is 302 g/mol. The van der Waals surface area contributed by atoms with Crippen molar-refractivity contribution in [3.63, 3.8) is 0 Å². The Bertz CT molecular complexity index is 577. The van der Waals surface area contributed by atoms with Gasteiger partial charge in [0.15, 0.2) is 5.78 Å². The summed E-state index contributed by atoms with van der Waals surface area (Å²) in [5, 5.41) is 10.7. The van der Waals surface area contributed by atoms with Crippen LogP contribution in [0, 0.1) is 28.6 Å². The highest BCUT2D eigenvalue weighted by Gasteiger charge is 2.62. The molecule has 4 rings (SSSR count). The molecule has 22 heavy (non-hydrogen) atoms. The second-order valence-corrected chi connectivity index (χ2v) is 8.56. The number of rotatable bonds is 0. The van der Waals surface area contributed by atoms with E-state index >= 15 is 0 Å². The maximum absolute atomic E-state index is 12.4. The molecule has 0 aromatic carbocycles. The molecule has 4 aliphatic rings. The van der Waals surface area contributed by atoms with E-state index in [0.717, 1.165) is 37.7 Å². The van der Waals surface area contributed by atoms with E-state index in [-0.39, 0.29) is 16.6 Å². The Morgan fingerprint density at radius 1 is 1.14 bits per heavy atom. The van der Waals surface area contributed by atoms with E-state index in [2.05, 4.69) is 13.8 Å². The molecule has 0 aromatic heterocycles. The summed E-state index contributed by atoms with van der Waals surface area (Å²) in [6.07, 6.45) is 7.22. The van der Waals surface area contributed by atoms with Gasteiger partial charge in [-0.2, -0.15) is 0 Å². The molecule has 0 aromatic rings. The highest BCUT2D eigenvalue weighted by atomic mass is 16.3. The lowest BCUT2D eigenvalue weighted by molar-refractivity contribution is -0.141. The molecule has 0 bridgehead atoms. The summed E-state index contributed by atoms with van der Waals surface area (Å²) in [7, 11) is 0. The third-order valence-electron chi connectivity index (χ3n) is 7.65. The van der Waals surface area contributed by atoms with Crippen LogP contribution in [0.2, 0.25) is 0 Å². The van der Waals surface area contributed by atoms with Crippen LogP contribution in [0.3, 0.4) is 0 Å². The number of hydrogen-bond acceptors (Lipinski definition) is 3. The van der Waals surface area contributed by atoms with Crippen LogP contribution >= 0.6 is 0 Å². The molecule has 0 amide bonds. The minimum absolute atomic E-state index is 0.0426. The summed E-state index contributed by atoms with van der Waals surface area (Å²) < 4.78 is 0. The third kappa shape index (κ3) is 1.72. The number of carbonyl (C=O) groups excluding carboxylic acids is 2. The van der Waals surface area contributed by atoms with Crippen LogP contribution in [-0.4, -0.2) is 22.8 Å². The zero-order chi connectivity index (χ0) is 15.7. The van der Waals surface area contributed by atoms with Gasteiger partial charge in [0.05, 0.1) is 6.10 Å². The minimum atomic E-state index is -0.492. The molecular formula is C19H26O3. The first-order valence-corrected chi connectivity index (χ1v) is 8.82. The topological polar surface area (TPSA) is 54.4 Å². The lowest BCUT2D eigenvalue weighted by Crippen LogP contribution is -2.55. The Morgan fingerprint density at radius 3 is 2.68 bits per heavy atom. The van der Waals surface area contributed by atoms with Gasteiger partial charge in [0.2, 0.25) is 0 Å². The standard InChI is InChI=1S/C19H26O3/c1-18-8-7-14-12-4-3-11(20)9-13(12)15(21)10-19(14,2)16(18)5-6-17(18)22/h9,12,14-16,21H,3-8,10H2,1-2H3/t12-,14+,15+,16+,18-,19?/m0/s1. The van der Waals surface area contributed by atoms with Gasteiger partial charge in [0, 0.05) is 18.3 Å². The second kappa shape index (κ2) is 4.53. The summed E-state index contributed by atoms with van der Waals surface area (Å²) in [5.41, 5.74) is 0.865. The van der Waals surface area contributed by atoms with Crippen molar-refractivity contribution in [1.29, 1.82) is 0 Å². The van der Waals surface area contributed by atoms with Gasteiger partial charge in [0.1, 0.15) is 5.78 Å². The predicted octanol–water partition coefficient (Wildman–Crippen LogP) is 3.06. The summed E-state index contributed by atoms with van der Waals surface area (Å²) in [5.74, 6) is 1.89. The zero-order valence-corrected chi connectivity index (χ0v) is 13.6. The molecule has 3 heteroatoms. The van der Waals surface area contributed by atoms with Gasteiger partial charge in [-0.25, -0.2) is 0 Å². The first-order chi connectivity index (χ1) is 10.4. The number of aliphatic hydroxyl groups is 1. The first kappa shape index (κ1) is 14.6. The van der Waals surface area contributed by atoms with E-state index in [1.807, 2.05) is 0 Å². The molecule has 4 aliphatic carbocycles. The summed E-state index contributed by atoms with van der Waals surface area (Å²) in [6, 6.07) is 0. The number of fused-ring (bicyclic) bond motifs is 5. The number of carbonyl (C=O) groups is 2. The van der Waals surface area contributed by atoms with E-state index < -0.39 is 6.10 Å². The van der Waals surface area contributed by atoms with E-state index in [1.54, 1.807) is 6.08 Å². The van der Waals surface area contributed by atoms with Crippen molar-refractivity contribution in [2.45, 2.75) is 64.9 Å². The quantitative estimate of drug-likeness (QED) is 0.748. The van der Waals surface area contributed by atoms with Crippen LogP contribution in [0.25, 0.3) is 0 Å². The first-order valence-electron chi connectivity index (χ1n) is 8.82. The van der Waals surface area contributed by atoms with Gasteiger partial charge >= 0.3 is 0 Å². The molecule has 0 aliphatic heterocycles. The Balaban J connectivity index is 1.75. The van der Waals surface area contributed by atoms with E-state index in [4.69, 9.17) is 0 Å². The van der Waals surface area contributed by atoms with Crippen molar-refractivity contribution in [3.05, 3.63) is 11.6 Å². The number of aliphatic hydroxyl groups excluding tert-OH is 1. The van der Waals surface area contributed by atoms with Crippen LogP contribution in [0.1, 0.15) is 58.8 Å². The molecule has 3 nitrogen and oxygen atoms in total. The fourth-order valence-electron chi connectivity index (χ4n) is 6.58. The number of ketones is 2. The van der Waals surface area contributed by atoms with Crippen LogP contribution in [0.15, 0.2) is 11.6 Å². The van der Waals surface area contributed by atoms with Crippen molar-refractivity contribution in [1.82, 2.24) is 0 Å². The van der Waals surface area contributed by atoms with Crippen LogP contribution in [-0.2, 0) is 9.59 Å². The lowest BCUT2D eigenvalue weighted by atomic mass is 9.45. The van der Waals surface area contributed by atoms with E-state index in [9.17, 15) is 14.7 Å². The number of hydrogen-bond donors (Lipinski definition) is 1. The lowest BCUT2D eigenvalue weighted by Gasteiger charge is -2.59. The smallest absolute Gasteiger partial charge is 0.155 e. The molecule has 1 N–H and O–H groups in total. The molecule has 3 fully saturated rings. The van der Waals surface area contributed by atoms with Gasteiger partial charge in [-0.3, -0.25) is 9.59 Å². The van der Waals surface area contributed by atoms with E-state index in [0.29, 0.717) is 36.4 Å². The minimum Gasteiger partial charge on any atom is -0.389 e. The Morgan fingerprint density at radius 2 is 1.91 bits per heavy atom. The molecule has 0 heterocycles. The predicted molar refractivity (Wildman–Crippen MR) is 83.1 cm³/mol. The fourth-order valence-corrected chi connectivity index (χ4v) is 6.58. The maximum atomic E-state index is 12.4. The molecule has 120 valence electrons. The molecular weight excluding hydrogens is 276 g/mol. The van der Waals surface area contributed by atoms with E-state index in [1.165, 1.54) is 0 Å². The van der Waals surface area contributed by atoms with Gasteiger partial charge in [-0.05, 0) is 66.9 Å². The normalized spacial score (nSPS) is 51.0. The summed E-state index contributed by atoms with van der Waals surface area (Å²) in [4.78, 5) is 24.2. The van der Waals surface area contributed by atoms with Gasteiger partial charge in [-0.15, -0.1) is 0 Å². The highest BCUT2D eigenvalue weighted by molar-refractivity contribution is 5.91. The maximum Gasteiger partial charge on any atom is 0.155 e. The summed E-state index contributed by atoms with van der Waals surface area (Å²) >= 11 is 0. The Hall–Kier alpha value is -0.960. The molecule has 0 saturated heterocycles. The SMILES string of the molecule is CC12C[C@@H](O)C3=CC(=O)CC[C@@H]3[C@H]1CC[C@]1(C)C(=O)CC[C@@H]21.